The third-order valence-corrected chi connectivity index (χ3v) is 2.33. The van der Waals surface area contributed by atoms with Crippen LogP contribution in [-0.4, -0.2) is 0 Å². The van der Waals surface area contributed by atoms with Crippen LogP contribution in [-0.2, 0) is 0 Å². The summed E-state index contributed by atoms with van der Waals surface area (Å²) in [5, 5.41) is 0. The molecule has 0 aliphatic carbocycles. The van der Waals surface area contributed by atoms with Crippen molar-refractivity contribution in [2.24, 2.45) is 0 Å². The molecule has 0 nitrogen and oxygen atoms in total. The largest absolute Gasteiger partial charge is 0.143 e. The van der Waals surface area contributed by atoms with E-state index in [-0.39, 0.29) is 0 Å². The first-order valence-corrected chi connectivity index (χ1v) is 4.47. The molecular weight excluding hydrogens is 152 g/mol. The van der Waals surface area contributed by atoms with Crippen molar-refractivity contribution in [3.05, 3.63) is 29.8 Å². The lowest BCUT2D eigenvalue weighted by molar-refractivity contribution is 0.731. The summed E-state index contributed by atoms with van der Waals surface area (Å²) in [5.41, 5.74) is 1.39. The van der Waals surface area contributed by atoms with E-state index in [9.17, 15) is 0 Å². The Labute approximate surface area is 74.0 Å². The molecule has 0 aromatic heterocycles. The van der Waals surface area contributed by atoms with Gasteiger partial charge in [0.15, 0.2) is 0 Å². The van der Waals surface area contributed by atoms with E-state index >= 15 is 0 Å². The van der Waals surface area contributed by atoms with Crippen molar-refractivity contribution in [3.63, 3.8) is 0 Å². The van der Waals surface area contributed by atoms with E-state index in [0.29, 0.717) is 5.92 Å². The highest BCUT2D eigenvalue weighted by Gasteiger charge is 2.01. The van der Waals surface area contributed by atoms with Gasteiger partial charge in [0, 0.05) is 4.90 Å². The summed E-state index contributed by atoms with van der Waals surface area (Å²) in [5.74, 6) is 0.655. The van der Waals surface area contributed by atoms with Crippen LogP contribution in [0.5, 0.6) is 0 Å². The van der Waals surface area contributed by atoms with Crippen molar-refractivity contribution in [2.75, 3.05) is 0 Å². The van der Waals surface area contributed by atoms with Crippen LogP contribution in [0.15, 0.2) is 29.2 Å². The molecule has 1 aromatic rings. The van der Waals surface area contributed by atoms with Gasteiger partial charge in [-0.2, -0.15) is 0 Å². The predicted octanol–water partition coefficient (Wildman–Crippen LogP) is 3.49. The minimum absolute atomic E-state index is 0.655. The average molecular weight is 166 g/mol. The number of thiol groups is 1. The van der Waals surface area contributed by atoms with Crippen molar-refractivity contribution in [1.29, 1.82) is 0 Å². The molecule has 0 spiro atoms. The van der Waals surface area contributed by atoms with Gasteiger partial charge in [0.25, 0.3) is 0 Å². The molecular formula is C10H14S. The Kier molecular flexibility index (Phi) is 3.01. The van der Waals surface area contributed by atoms with Crippen molar-refractivity contribution < 1.29 is 0 Å². The second kappa shape index (κ2) is 3.82. The third-order valence-electron chi connectivity index (χ3n) is 2.05. The van der Waals surface area contributed by atoms with Crippen molar-refractivity contribution in [2.45, 2.75) is 31.1 Å². The first kappa shape index (κ1) is 8.66. The molecule has 0 fully saturated rings. The topological polar surface area (TPSA) is 0 Å². The molecule has 1 rings (SSSR count). The van der Waals surface area contributed by atoms with E-state index < -0.39 is 0 Å². The van der Waals surface area contributed by atoms with Crippen LogP contribution < -0.4 is 0 Å². The Bertz CT molecular complexity index is 230. The summed E-state index contributed by atoms with van der Waals surface area (Å²) in [6.07, 6.45) is 1.19. The SMILES string of the molecule is CCC(C)c1cccc(S)c1. The second-order valence-corrected chi connectivity index (χ2v) is 3.42. The molecule has 0 saturated carbocycles. The molecule has 0 aliphatic rings. The number of rotatable bonds is 2. The van der Waals surface area contributed by atoms with Gasteiger partial charge >= 0.3 is 0 Å². The van der Waals surface area contributed by atoms with Crippen molar-refractivity contribution >= 4 is 12.6 Å². The highest BCUT2D eigenvalue weighted by molar-refractivity contribution is 7.80. The smallest absolute Gasteiger partial charge is 0.00428 e. The van der Waals surface area contributed by atoms with Gasteiger partial charge in [-0.3, -0.25) is 0 Å². The Balaban J connectivity index is 2.86. The molecule has 60 valence electrons. The minimum atomic E-state index is 0.655. The summed E-state index contributed by atoms with van der Waals surface area (Å²) in [7, 11) is 0. The zero-order valence-corrected chi connectivity index (χ0v) is 7.94. The molecule has 0 aliphatic heterocycles. The first-order chi connectivity index (χ1) is 5.24. The van der Waals surface area contributed by atoms with Crippen LogP contribution in [0.3, 0.4) is 0 Å². The van der Waals surface area contributed by atoms with E-state index in [4.69, 9.17) is 0 Å². The molecule has 0 amide bonds. The van der Waals surface area contributed by atoms with Gasteiger partial charge < -0.3 is 0 Å². The first-order valence-electron chi connectivity index (χ1n) is 4.03. The summed E-state index contributed by atoms with van der Waals surface area (Å²) in [4.78, 5) is 1.06. The van der Waals surface area contributed by atoms with E-state index in [1.54, 1.807) is 0 Å². The fraction of sp³-hybridized carbons (Fsp3) is 0.400. The van der Waals surface area contributed by atoms with E-state index in [0.717, 1.165) is 4.90 Å². The monoisotopic (exact) mass is 166 g/mol. The lowest BCUT2D eigenvalue weighted by atomic mass is 9.99. The molecule has 1 heteroatoms. The summed E-state index contributed by atoms with van der Waals surface area (Å²) in [6, 6.07) is 8.37. The maximum absolute atomic E-state index is 4.29. The normalized spacial score (nSPS) is 13.0. The number of benzene rings is 1. The molecule has 1 unspecified atom stereocenters. The van der Waals surface area contributed by atoms with E-state index in [1.807, 2.05) is 6.07 Å². The van der Waals surface area contributed by atoms with Crippen molar-refractivity contribution in [1.82, 2.24) is 0 Å². The molecule has 1 aromatic carbocycles. The van der Waals surface area contributed by atoms with Gasteiger partial charge in [-0.15, -0.1) is 12.6 Å². The fourth-order valence-corrected chi connectivity index (χ4v) is 1.30. The fourth-order valence-electron chi connectivity index (χ4n) is 1.07. The number of hydrogen-bond acceptors (Lipinski definition) is 1. The van der Waals surface area contributed by atoms with Crippen LogP contribution in [0, 0.1) is 0 Å². The molecule has 0 saturated heterocycles. The van der Waals surface area contributed by atoms with Crippen LogP contribution in [0.1, 0.15) is 31.7 Å². The molecule has 11 heavy (non-hydrogen) atoms. The molecule has 0 radical (unpaired) electrons. The maximum atomic E-state index is 4.29. The maximum Gasteiger partial charge on any atom is 0.00428 e. The molecule has 1 atom stereocenters. The van der Waals surface area contributed by atoms with Crippen LogP contribution in [0.25, 0.3) is 0 Å². The average Bonchev–Trinajstić information content (AvgIpc) is 2.03. The van der Waals surface area contributed by atoms with Gasteiger partial charge in [0.2, 0.25) is 0 Å². The van der Waals surface area contributed by atoms with Gasteiger partial charge in [-0.25, -0.2) is 0 Å². The standard InChI is InChI=1S/C10H14S/c1-3-8(2)9-5-4-6-10(11)7-9/h4-8,11H,3H2,1-2H3. The highest BCUT2D eigenvalue weighted by Crippen LogP contribution is 2.20. The Hall–Kier alpha value is -0.430. The Morgan fingerprint density at radius 3 is 2.73 bits per heavy atom. The van der Waals surface area contributed by atoms with Crippen molar-refractivity contribution in [3.8, 4) is 0 Å². The Morgan fingerprint density at radius 1 is 1.45 bits per heavy atom. The predicted molar refractivity (Wildman–Crippen MR) is 52.4 cm³/mol. The van der Waals surface area contributed by atoms with Crippen LogP contribution in [0.2, 0.25) is 0 Å². The molecule has 0 heterocycles. The zero-order chi connectivity index (χ0) is 8.27. The lowest BCUT2D eigenvalue weighted by Gasteiger charge is -2.08. The Morgan fingerprint density at radius 2 is 2.18 bits per heavy atom. The zero-order valence-electron chi connectivity index (χ0n) is 7.04. The second-order valence-electron chi connectivity index (χ2n) is 2.90. The van der Waals surface area contributed by atoms with Gasteiger partial charge in [-0.05, 0) is 30.0 Å². The third kappa shape index (κ3) is 2.26. The van der Waals surface area contributed by atoms with Gasteiger partial charge in [-0.1, -0.05) is 26.0 Å². The molecule has 0 bridgehead atoms. The van der Waals surface area contributed by atoms with E-state index in [1.165, 1.54) is 12.0 Å². The number of hydrogen-bond donors (Lipinski definition) is 1. The summed E-state index contributed by atoms with van der Waals surface area (Å²) >= 11 is 4.29. The van der Waals surface area contributed by atoms with Gasteiger partial charge in [0.1, 0.15) is 0 Å². The van der Waals surface area contributed by atoms with E-state index in [2.05, 4.69) is 44.7 Å². The quantitative estimate of drug-likeness (QED) is 0.639. The summed E-state index contributed by atoms with van der Waals surface area (Å²) in [6.45, 7) is 4.44. The lowest BCUT2D eigenvalue weighted by Crippen LogP contribution is -1.89. The van der Waals surface area contributed by atoms with Gasteiger partial charge in [0.05, 0.1) is 0 Å². The van der Waals surface area contributed by atoms with Crippen LogP contribution in [0.4, 0.5) is 0 Å². The highest BCUT2D eigenvalue weighted by atomic mass is 32.1. The van der Waals surface area contributed by atoms with Crippen LogP contribution >= 0.6 is 12.6 Å². The molecule has 0 N–H and O–H groups in total. The minimum Gasteiger partial charge on any atom is -0.143 e. The summed E-state index contributed by atoms with van der Waals surface area (Å²) < 4.78 is 0.